The molecule has 4 nitrogen and oxygen atoms in total. The second kappa shape index (κ2) is 8.64. The van der Waals surface area contributed by atoms with Crippen molar-refractivity contribution in [1.29, 1.82) is 0 Å². The molecule has 0 heterocycles. The number of rotatable bonds is 6. The number of carbonyl (C=O) groups is 2. The van der Waals surface area contributed by atoms with Gasteiger partial charge in [0.05, 0.1) is 12.2 Å². The molecule has 0 saturated heterocycles. The van der Waals surface area contributed by atoms with E-state index in [9.17, 15) is 9.59 Å². The monoisotopic (exact) mass is 296 g/mol. The maximum absolute atomic E-state index is 11.8. The minimum atomic E-state index is -0.341. The highest BCUT2D eigenvalue weighted by Gasteiger charge is 2.17. The van der Waals surface area contributed by atoms with Crippen LogP contribution in [0.15, 0.2) is 30.3 Å². The van der Waals surface area contributed by atoms with Gasteiger partial charge >= 0.3 is 11.3 Å². The van der Waals surface area contributed by atoms with Crippen LogP contribution in [0.5, 0.6) is 0 Å². The van der Waals surface area contributed by atoms with E-state index in [-0.39, 0.29) is 22.6 Å². The zero-order valence-corrected chi connectivity index (χ0v) is 12.8. The molecule has 0 spiro atoms. The van der Waals surface area contributed by atoms with Crippen LogP contribution in [0, 0.1) is 0 Å². The van der Waals surface area contributed by atoms with Gasteiger partial charge in [0.1, 0.15) is 6.10 Å². The third-order valence-electron chi connectivity index (χ3n) is 2.54. The molecule has 20 heavy (non-hydrogen) atoms. The van der Waals surface area contributed by atoms with Gasteiger partial charge in [-0.15, -0.1) is 0 Å². The summed E-state index contributed by atoms with van der Waals surface area (Å²) in [5.41, 5.74) is 0.532. The molecule has 1 aromatic rings. The molecule has 0 aliphatic rings. The van der Waals surface area contributed by atoms with Crippen LogP contribution in [0.4, 0.5) is 4.79 Å². The minimum Gasteiger partial charge on any atom is -0.459 e. The number of hydrogen-bond acceptors (Lipinski definition) is 5. The second-order valence-corrected chi connectivity index (χ2v) is 5.80. The largest absolute Gasteiger partial charge is 0.459 e. The summed E-state index contributed by atoms with van der Waals surface area (Å²) in [4.78, 5) is 23.2. The van der Waals surface area contributed by atoms with Crippen molar-refractivity contribution >= 4 is 23.0 Å². The summed E-state index contributed by atoms with van der Waals surface area (Å²) in [6.07, 6.45) is 0.349. The summed E-state index contributed by atoms with van der Waals surface area (Å²) in [6, 6.07) is 8.86. The lowest BCUT2D eigenvalue weighted by atomic mass is 10.2. The van der Waals surface area contributed by atoms with E-state index in [0.29, 0.717) is 18.6 Å². The average Bonchev–Trinajstić information content (AvgIpc) is 2.39. The highest BCUT2D eigenvalue weighted by atomic mass is 32.2. The van der Waals surface area contributed by atoms with E-state index in [0.717, 1.165) is 11.8 Å². The van der Waals surface area contributed by atoms with E-state index < -0.39 is 0 Å². The van der Waals surface area contributed by atoms with Crippen molar-refractivity contribution in [3.63, 3.8) is 0 Å². The van der Waals surface area contributed by atoms with Gasteiger partial charge in [-0.2, -0.15) is 0 Å². The molecule has 2 atom stereocenters. The lowest BCUT2D eigenvalue weighted by Gasteiger charge is -2.17. The van der Waals surface area contributed by atoms with Gasteiger partial charge in [0.15, 0.2) is 0 Å². The number of hydrogen-bond donors (Lipinski definition) is 0. The van der Waals surface area contributed by atoms with Crippen molar-refractivity contribution in [2.24, 2.45) is 0 Å². The molecule has 0 fully saturated rings. The second-order valence-electron chi connectivity index (χ2n) is 4.43. The maximum Gasteiger partial charge on any atom is 0.367 e. The van der Waals surface area contributed by atoms with Gasteiger partial charge in [0.25, 0.3) is 0 Å². The van der Waals surface area contributed by atoms with Crippen molar-refractivity contribution in [2.45, 2.75) is 38.5 Å². The van der Waals surface area contributed by atoms with Crippen LogP contribution in [0.1, 0.15) is 37.6 Å². The fourth-order valence-corrected chi connectivity index (χ4v) is 2.59. The first kappa shape index (κ1) is 16.6. The number of thioether (sulfide) groups is 1. The van der Waals surface area contributed by atoms with Gasteiger partial charge in [-0.05, 0) is 44.2 Å². The van der Waals surface area contributed by atoms with Gasteiger partial charge in [-0.3, -0.25) is 0 Å². The van der Waals surface area contributed by atoms with Crippen LogP contribution in [0.25, 0.3) is 0 Å². The summed E-state index contributed by atoms with van der Waals surface area (Å²) < 4.78 is 10.2. The highest BCUT2D eigenvalue weighted by molar-refractivity contribution is 8.13. The molecule has 0 N–H and O–H groups in total. The van der Waals surface area contributed by atoms with Gasteiger partial charge in [-0.25, -0.2) is 9.59 Å². The van der Waals surface area contributed by atoms with Crippen molar-refractivity contribution in [3.8, 4) is 0 Å². The van der Waals surface area contributed by atoms with Crippen molar-refractivity contribution < 1.29 is 19.1 Å². The number of benzene rings is 1. The van der Waals surface area contributed by atoms with Crippen molar-refractivity contribution in [3.05, 3.63) is 35.9 Å². The predicted octanol–water partition coefficient (Wildman–Crippen LogP) is 3.90. The lowest BCUT2D eigenvalue weighted by molar-refractivity contribution is 0.0326. The van der Waals surface area contributed by atoms with Gasteiger partial charge in [-0.1, -0.05) is 25.1 Å². The third-order valence-corrected chi connectivity index (χ3v) is 3.45. The smallest absolute Gasteiger partial charge is 0.367 e. The summed E-state index contributed by atoms with van der Waals surface area (Å²) in [6.45, 7) is 5.88. The topological polar surface area (TPSA) is 52.6 Å². The quantitative estimate of drug-likeness (QED) is 0.745. The third kappa shape index (κ3) is 6.10. The van der Waals surface area contributed by atoms with E-state index >= 15 is 0 Å². The van der Waals surface area contributed by atoms with Crippen LogP contribution in [0.3, 0.4) is 0 Å². The Hall–Kier alpha value is -1.49. The average molecular weight is 296 g/mol. The summed E-state index contributed by atoms with van der Waals surface area (Å²) in [5.74, 6) is -0.341. The molecule has 1 rings (SSSR count). The first-order valence-corrected chi connectivity index (χ1v) is 7.50. The van der Waals surface area contributed by atoms with E-state index in [1.54, 1.807) is 31.2 Å². The molecule has 0 bridgehead atoms. The molecule has 5 heteroatoms. The SMILES string of the molecule is CCOC(=O)SC(C)CC(C)OC(=O)c1ccccc1. The first-order valence-electron chi connectivity index (χ1n) is 6.62. The van der Waals surface area contributed by atoms with Gasteiger partial charge in [0.2, 0.25) is 0 Å². The summed E-state index contributed by atoms with van der Waals surface area (Å²) in [7, 11) is 0. The van der Waals surface area contributed by atoms with E-state index in [1.807, 2.05) is 19.9 Å². The lowest BCUT2D eigenvalue weighted by Crippen LogP contribution is -2.19. The fraction of sp³-hybridized carbons (Fsp3) is 0.467. The van der Waals surface area contributed by atoms with Crippen molar-refractivity contribution in [2.75, 3.05) is 6.61 Å². The normalized spacial score (nSPS) is 13.3. The molecule has 0 radical (unpaired) electrons. The molecule has 0 amide bonds. The fourth-order valence-electron chi connectivity index (χ4n) is 1.70. The van der Waals surface area contributed by atoms with Crippen molar-refractivity contribution in [1.82, 2.24) is 0 Å². The number of esters is 1. The number of ether oxygens (including phenoxy) is 2. The number of carbonyl (C=O) groups excluding carboxylic acids is 2. The van der Waals surface area contributed by atoms with E-state index in [2.05, 4.69) is 0 Å². The molecule has 1 aromatic carbocycles. The molecule has 0 aliphatic carbocycles. The zero-order chi connectivity index (χ0) is 15.0. The molecule has 0 aliphatic heterocycles. The maximum atomic E-state index is 11.8. The zero-order valence-electron chi connectivity index (χ0n) is 12.0. The first-order chi connectivity index (χ1) is 9.52. The Morgan fingerprint density at radius 1 is 1.20 bits per heavy atom. The standard InChI is InChI=1S/C15H20O4S/c1-4-18-15(17)20-12(3)10-11(2)19-14(16)13-8-6-5-7-9-13/h5-9,11-12H,4,10H2,1-3H3. The molecule has 2 unspecified atom stereocenters. The Balaban J connectivity index is 2.38. The summed E-state index contributed by atoms with van der Waals surface area (Å²) in [5, 5.41) is -0.255. The summed E-state index contributed by atoms with van der Waals surface area (Å²) >= 11 is 1.12. The van der Waals surface area contributed by atoms with Crippen LogP contribution >= 0.6 is 11.8 Å². The molecule has 0 aromatic heterocycles. The Labute approximate surface area is 123 Å². The Bertz CT molecular complexity index is 433. The van der Waals surface area contributed by atoms with Crippen LogP contribution in [-0.4, -0.2) is 29.2 Å². The van der Waals surface area contributed by atoms with Gasteiger partial charge in [0, 0.05) is 5.25 Å². The van der Waals surface area contributed by atoms with Crippen LogP contribution < -0.4 is 0 Å². The van der Waals surface area contributed by atoms with Crippen LogP contribution in [0.2, 0.25) is 0 Å². The molecule has 0 saturated carbocycles. The Morgan fingerprint density at radius 2 is 1.85 bits per heavy atom. The molecular formula is C15H20O4S. The van der Waals surface area contributed by atoms with Crippen LogP contribution in [-0.2, 0) is 9.47 Å². The van der Waals surface area contributed by atoms with Gasteiger partial charge < -0.3 is 9.47 Å². The predicted molar refractivity (Wildman–Crippen MR) is 80.0 cm³/mol. The molecular weight excluding hydrogens is 276 g/mol. The Morgan fingerprint density at radius 3 is 2.45 bits per heavy atom. The Kier molecular flexibility index (Phi) is 7.15. The van der Waals surface area contributed by atoms with E-state index in [4.69, 9.17) is 9.47 Å². The molecule has 110 valence electrons. The highest BCUT2D eigenvalue weighted by Crippen LogP contribution is 2.20. The minimum absolute atomic E-state index is 0.0348. The van der Waals surface area contributed by atoms with E-state index in [1.165, 1.54) is 0 Å².